The van der Waals surface area contributed by atoms with Gasteiger partial charge >= 0.3 is 0 Å². The second-order valence-electron chi connectivity index (χ2n) is 3.44. The van der Waals surface area contributed by atoms with Crippen LogP contribution < -0.4 is 4.74 Å². The second-order valence-corrected chi connectivity index (χ2v) is 3.44. The Morgan fingerprint density at radius 2 is 2.07 bits per heavy atom. The van der Waals surface area contributed by atoms with Crippen molar-refractivity contribution in [1.82, 2.24) is 4.98 Å². The lowest BCUT2D eigenvalue weighted by Crippen LogP contribution is -1.97. The van der Waals surface area contributed by atoms with Gasteiger partial charge in [0.15, 0.2) is 0 Å². The van der Waals surface area contributed by atoms with E-state index in [-0.39, 0.29) is 0 Å². The molecule has 0 saturated heterocycles. The maximum absolute atomic E-state index is 5.52. The van der Waals surface area contributed by atoms with E-state index in [1.807, 2.05) is 18.3 Å². The van der Waals surface area contributed by atoms with E-state index in [1.165, 1.54) is 6.42 Å². The summed E-state index contributed by atoms with van der Waals surface area (Å²) in [7, 11) is 0. The zero-order valence-electron chi connectivity index (χ0n) is 9.12. The Kier molecular flexibility index (Phi) is 5.05. The molecule has 0 fully saturated rings. The maximum Gasteiger partial charge on any atom is 0.137 e. The third kappa shape index (κ3) is 3.77. The first-order valence-electron chi connectivity index (χ1n) is 5.44. The van der Waals surface area contributed by atoms with Gasteiger partial charge in [-0.15, -0.1) is 0 Å². The fraction of sp³-hybridized carbons (Fsp3) is 0.583. The van der Waals surface area contributed by atoms with Crippen molar-refractivity contribution in [2.45, 2.75) is 39.5 Å². The number of pyridine rings is 1. The van der Waals surface area contributed by atoms with Crippen LogP contribution in [0.25, 0.3) is 0 Å². The minimum atomic E-state index is 0.797. The van der Waals surface area contributed by atoms with Crippen LogP contribution in [0.4, 0.5) is 0 Å². The Morgan fingerprint density at radius 1 is 1.21 bits per heavy atom. The van der Waals surface area contributed by atoms with Crippen LogP contribution in [0, 0.1) is 0 Å². The second kappa shape index (κ2) is 6.41. The Labute approximate surface area is 86.3 Å². The number of aryl methyl sites for hydroxylation is 1. The molecule has 1 heterocycles. The minimum Gasteiger partial charge on any atom is -0.492 e. The average molecular weight is 193 g/mol. The predicted octanol–water partition coefficient (Wildman–Crippen LogP) is 3.21. The van der Waals surface area contributed by atoms with Gasteiger partial charge in [0.25, 0.3) is 0 Å². The number of aromatic nitrogens is 1. The highest BCUT2D eigenvalue weighted by molar-refractivity contribution is 5.19. The SMILES string of the molecule is CCCCOc1ccc(CCC)nc1. The van der Waals surface area contributed by atoms with Gasteiger partial charge in [-0.2, -0.15) is 0 Å². The summed E-state index contributed by atoms with van der Waals surface area (Å²) in [5, 5.41) is 0. The van der Waals surface area contributed by atoms with Crippen LogP contribution in [0.15, 0.2) is 18.3 Å². The van der Waals surface area contributed by atoms with Crippen LogP contribution in [0.5, 0.6) is 5.75 Å². The molecule has 78 valence electrons. The summed E-state index contributed by atoms with van der Waals surface area (Å²) < 4.78 is 5.52. The summed E-state index contributed by atoms with van der Waals surface area (Å²) in [6.07, 6.45) is 6.29. The van der Waals surface area contributed by atoms with Gasteiger partial charge < -0.3 is 4.74 Å². The van der Waals surface area contributed by atoms with E-state index in [1.54, 1.807) is 0 Å². The molecule has 1 rings (SSSR count). The first-order chi connectivity index (χ1) is 6.86. The Bertz CT molecular complexity index is 243. The largest absolute Gasteiger partial charge is 0.492 e. The molecule has 2 nitrogen and oxygen atoms in total. The Balaban J connectivity index is 2.38. The van der Waals surface area contributed by atoms with Crippen molar-refractivity contribution >= 4 is 0 Å². The lowest BCUT2D eigenvalue weighted by atomic mass is 10.2. The molecule has 0 bridgehead atoms. The third-order valence-corrected chi connectivity index (χ3v) is 2.07. The van der Waals surface area contributed by atoms with Gasteiger partial charge in [-0.25, -0.2) is 0 Å². The molecule has 0 aliphatic rings. The highest BCUT2D eigenvalue weighted by Crippen LogP contribution is 2.10. The molecule has 0 aliphatic carbocycles. The molecule has 0 atom stereocenters. The van der Waals surface area contributed by atoms with Crippen molar-refractivity contribution in [1.29, 1.82) is 0 Å². The van der Waals surface area contributed by atoms with E-state index < -0.39 is 0 Å². The molecule has 1 aromatic heterocycles. The molecular formula is C12H19NO. The van der Waals surface area contributed by atoms with E-state index in [9.17, 15) is 0 Å². The molecule has 0 saturated carbocycles. The van der Waals surface area contributed by atoms with Gasteiger partial charge in [0.1, 0.15) is 5.75 Å². The average Bonchev–Trinajstić information content (AvgIpc) is 2.21. The Hall–Kier alpha value is -1.05. The van der Waals surface area contributed by atoms with Crippen molar-refractivity contribution in [3.63, 3.8) is 0 Å². The summed E-state index contributed by atoms with van der Waals surface area (Å²) in [6.45, 7) is 5.12. The van der Waals surface area contributed by atoms with Crippen LogP contribution >= 0.6 is 0 Å². The van der Waals surface area contributed by atoms with Crippen molar-refractivity contribution < 1.29 is 4.74 Å². The highest BCUT2D eigenvalue weighted by atomic mass is 16.5. The summed E-state index contributed by atoms with van der Waals surface area (Å²) in [5.41, 5.74) is 1.15. The number of unbranched alkanes of at least 4 members (excludes halogenated alkanes) is 1. The maximum atomic E-state index is 5.52. The number of ether oxygens (including phenoxy) is 1. The van der Waals surface area contributed by atoms with E-state index in [0.29, 0.717) is 0 Å². The van der Waals surface area contributed by atoms with Gasteiger partial charge in [-0.3, -0.25) is 4.98 Å². The first kappa shape index (κ1) is 11.0. The van der Waals surface area contributed by atoms with Gasteiger partial charge in [0.05, 0.1) is 12.8 Å². The topological polar surface area (TPSA) is 22.1 Å². The molecule has 1 aromatic rings. The molecule has 0 aromatic carbocycles. The van der Waals surface area contributed by atoms with Crippen LogP contribution in [0.3, 0.4) is 0 Å². The van der Waals surface area contributed by atoms with Crippen LogP contribution in [-0.2, 0) is 6.42 Å². The van der Waals surface area contributed by atoms with Gasteiger partial charge in [0, 0.05) is 5.69 Å². The number of hydrogen-bond donors (Lipinski definition) is 0. The molecule has 14 heavy (non-hydrogen) atoms. The summed E-state index contributed by atoms with van der Waals surface area (Å²) in [4.78, 5) is 4.32. The van der Waals surface area contributed by atoms with E-state index in [0.717, 1.165) is 37.3 Å². The number of rotatable bonds is 6. The van der Waals surface area contributed by atoms with Crippen LogP contribution in [0.1, 0.15) is 38.8 Å². The summed E-state index contributed by atoms with van der Waals surface area (Å²) in [6, 6.07) is 4.05. The molecular weight excluding hydrogens is 174 g/mol. The lowest BCUT2D eigenvalue weighted by molar-refractivity contribution is 0.308. The summed E-state index contributed by atoms with van der Waals surface area (Å²) in [5.74, 6) is 0.887. The predicted molar refractivity (Wildman–Crippen MR) is 58.6 cm³/mol. The van der Waals surface area contributed by atoms with Gasteiger partial charge in [-0.05, 0) is 25.0 Å². The smallest absolute Gasteiger partial charge is 0.137 e. The quantitative estimate of drug-likeness (QED) is 0.647. The fourth-order valence-electron chi connectivity index (χ4n) is 1.23. The standard InChI is InChI=1S/C12H19NO/c1-3-5-9-14-12-8-7-11(6-4-2)13-10-12/h7-8,10H,3-6,9H2,1-2H3. The molecule has 0 amide bonds. The number of hydrogen-bond acceptors (Lipinski definition) is 2. The monoisotopic (exact) mass is 193 g/mol. The van der Waals surface area contributed by atoms with Gasteiger partial charge in [-0.1, -0.05) is 26.7 Å². The third-order valence-electron chi connectivity index (χ3n) is 2.07. The minimum absolute atomic E-state index is 0.797. The zero-order valence-corrected chi connectivity index (χ0v) is 9.12. The molecule has 0 N–H and O–H groups in total. The molecule has 0 radical (unpaired) electrons. The van der Waals surface area contributed by atoms with Crippen molar-refractivity contribution in [3.05, 3.63) is 24.0 Å². The van der Waals surface area contributed by atoms with E-state index in [4.69, 9.17) is 4.74 Å². The molecule has 2 heteroatoms. The first-order valence-corrected chi connectivity index (χ1v) is 5.44. The summed E-state index contributed by atoms with van der Waals surface area (Å²) >= 11 is 0. The van der Waals surface area contributed by atoms with Crippen molar-refractivity contribution in [2.75, 3.05) is 6.61 Å². The van der Waals surface area contributed by atoms with Crippen molar-refractivity contribution in [2.24, 2.45) is 0 Å². The van der Waals surface area contributed by atoms with Crippen LogP contribution in [-0.4, -0.2) is 11.6 Å². The van der Waals surface area contributed by atoms with Gasteiger partial charge in [0.2, 0.25) is 0 Å². The zero-order chi connectivity index (χ0) is 10.2. The normalized spacial score (nSPS) is 10.1. The van der Waals surface area contributed by atoms with Crippen molar-refractivity contribution in [3.8, 4) is 5.75 Å². The molecule has 0 spiro atoms. The van der Waals surface area contributed by atoms with Crippen LogP contribution in [0.2, 0.25) is 0 Å². The van der Waals surface area contributed by atoms with E-state index in [2.05, 4.69) is 18.8 Å². The number of nitrogens with zero attached hydrogens (tertiary/aromatic N) is 1. The fourth-order valence-corrected chi connectivity index (χ4v) is 1.23. The van der Waals surface area contributed by atoms with E-state index >= 15 is 0 Å². The molecule has 0 aliphatic heterocycles. The Morgan fingerprint density at radius 3 is 2.64 bits per heavy atom. The highest BCUT2D eigenvalue weighted by Gasteiger charge is 1.95. The molecule has 0 unspecified atom stereocenters. The lowest BCUT2D eigenvalue weighted by Gasteiger charge is -2.05.